The molecule has 0 aliphatic heterocycles. The van der Waals surface area contributed by atoms with Crippen LogP contribution in [0.15, 0.2) is 24.3 Å². The van der Waals surface area contributed by atoms with Gasteiger partial charge in [0.2, 0.25) is 0 Å². The zero-order chi connectivity index (χ0) is 12.7. The van der Waals surface area contributed by atoms with Crippen molar-refractivity contribution >= 4 is 5.69 Å². The number of para-hydroxylation sites is 2. The van der Waals surface area contributed by atoms with Gasteiger partial charge in [0.1, 0.15) is 5.75 Å². The maximum atomic E-state index is 9.28. The summed E-state index contributed by atoms with van der Waals surface area (Å²) in [5.41, 5.74) is 0.994. The molecular weight excluding hydrogens is 214 g/mol. The van der Waals surface area contributed by atoms with Crippen molar-refractivity contribution in [2.24, 2.45) is 11.8 Å². The molecule has 0 bridgehead atoms. The van der Waals surface area contributed by atoms with Gasteiger partial charge in [0, 0.05) is 19.1 Å². The molecule has 0 spiro atoms. The topological polar surface area (TPSA) is 41.5 Å². The SMILES string of the molecule is CCOc1ccccc1NCC(CO)C(C)C. The molecule has 96 valence electrons. The van der Waals surface area contributed by atoms with Crippen molar-refractivity contribution in [3.8, 4) is 5.75 Å². The van der Waals surface area contributed by atoms with Crippen LogP contribution in [0.3, 0.4) is 0 Å². The summed E-state index contributed by atoms with van der Waals surface area (Å²) in [5.74, 6) is 1.60. The van der Waals surface area contributed by atoms with Gasteiger partial charge < -0.3 is 15.2 Å². The van der Waals surface area contributed by atoms with Crippen LogP contribution in [-0.4, -0.2) is 24.9 Å². The van der Waals surface area contributed by atoms with Crippen molar-refractivity contribution in [1.82, 2.24) is 0 Å². The van der Waals surface area contributed by atoms with Crippen molar-refractivity contribution < 1.29 is 9.84 Å². The highest BCUT2D eigenvalue weighted by atomic mass is 16.5. The van der Waals surface area contributed by atoms with Crippen molar-refractivity contribution in [2.45, 2.75) is 20.8 Å². The monoisotopic (exact) mass is 237 g/mol. The first kappa shape index (κ1) is 13.8. The predicted octanol–water partition coefficient (Wildman–Crippen LogP) is 2.76. The highest BCUT2D eigenvalue weighted by molar-refractivity contribution is 5.56. The third kappa shape index (κ3) is 4.27. The van der Waals surface area contributed by atoms with Gasteiger partial charge in [-0.1, -0.05) is 26.0 Å². The van der Waals surface area contributed by atoms with Gasteiger partial charge in [-0.05, 0) is 25.0 Å². The lowest BCUT2D eigenvalue weighted by Gasteiger charge is -2.20. The van der Waals surface area contributed by atoms with Crippen LogP contribution < -0.4 is 10.1 Å². The molecule has 0 aliphatic rings. The molecule has 1 rings (SSSR count). The fraction of sp³-hybridized carbons (Fsp3) is 0.571. The molecule has 0 fully saturated rings. The van der Waals surface area contributed by atoms with Gasteiger partial charge in [-0.3, -0.25) is 0 Å². The Hall–Kier alpha value is -1.22. The first-order chi connectivity index (χ1) is 8.19. The molecule has 0 aromatic heterocycles. The minimum absolute atomic E-state index is 0.210. The number of anilines is 1. The minimum Gasteiger partial charge on any atom is -0.492 e. The Balaban J connectivity index is 2.61. The quantitative estimate of drug-likeness (QED) is 0.766. The summed E-state index contributed by atoms with van der Waals surface area (Å²) < 4.78 is 5.54. The lowest BCUT2D eigenvalue weighted by Crippen LogP contribution is -2.23. The fourth-order valence-corrected chi connectivity index (χ4v) is 1.65. The number of hydrogen-bond acceptors (Lipinski definition) is 3. The highest BCUT2D eigenvalue weighted by Gasteiger charge is 2.12. The molecule has 17 heavy (non-hydrogen) atoms. The van der Waals surface area contributed by atoms with Crippen LogP contribution >= 0.6 is 0 Å². The van der Waals surface area contributed by atoms with Crippen LogP contribution in [-0.2, 0) is 0 Å². The van der Waals surface area contributed by atoms with E-state index in [1.54, 1.807) is 0 Å². The Kier molecular flexibility index (Phi) is 5.84. The number of aliphatic hydroxyl groups excluding tert-OH is 1. The van der Waals surface area contributed by atoms with Crippen LogP contribution in [0.2, 0.25) is 0 Å². The fourth-order valence-electron chi connectivity index (χ4n) is 1.65. The second-order valence-electron chi connectivity index (χ2n) is 4.50. The first-order valence-corrected chi connectivity index (χ1v) is 6.25. The molecule has 1 unspecified atom stereocenters. The van der Waals surface area contributed by atoms with E-state index in [2.05, 4.69) is 19.2 Å². The Morgan fingerprint density at radius 1 is 1.29 bits per heavy atom. The first-order valence-electron chi connectivity index (χ1n) is 6.25. The summed E-state index contributed by atoms with van der Waals surface area (Å²) in [6, 6.07) is 7.89. The molecule has 3 nitrogen and oxygen atoms in total. The highest BCUT2D eigenvalue weighted by Crippen LogP contribution is 2.24. The zero-order valence-electron chi connectivity index (χ0n) is 10.9. The van der Waals surface area contributed by atoms with E-state index in [0.717, 1.165) is 18.0 Å². The van der Waals surface area contributed by atoms with Crippen LogP contribution in [0.4, 0.5) is 5.69 Å². The van der Waals surface area contributed by atoms with Crippen LogP contribution in [0, 0.1) is 11.8 Å². The molecule has 1 aromatic rings. The largest absolute Gasteiger partial charge is 0.492 e. The van der Waals surface area contributed by atoms with Crippen molar-refractivity contribution in [3.05, 3.63) is 24.3 Å². The van der Waals surface area contributed by atoms with E-state index in [-0.39, 0.29) is 12.5 Å². The van der Waals surface area contributed by atoms with Gasteiger partial charge in [0.15, 0.2) is 0 Å². The molecule has 2 N–H and O–H groups in total. The van der Waals surface area contributed by atoms with Crippen molar-refractivity contribution in [3.63, 3.8) is 0 Å². The lowest BCUT2D eigenvalue weighted by molar-refractivity contribution is 0.198. The minimum atomic E-state index is 0.210. The smallest absolute Gasteiger partial charge is 0.142 e. The molecule has 3 heteroatoms. The van der Waals surface area contributed by atoms with Gasteiger partial charge in [0.05, 0.1) is 12.3 Å². The number of rotatable bonds is 7. The maximum absolute atomic E-state index is 9.28. The van der Waals surface area contributed by atoms with Crippen molar-refractivity contribution in [1.29, 1.82) is 0 Å². The Morgan fingerprint density at radius 3 is 2.59 bits per heavy atom. The van der Waals surface area contributed by atoms with E-state index in [1.165, 1.54) is 0 Å². The van der Waals surface area contributed by atoms with Crippen molar-refractivity contribution in [2.75, 3.05) is 25.1 Å². The summed E-state index contributed by atoms with van der Waals surface area (Å²) in [6.07, 6.45) is 0. The number of benzene rings is 1. The standard InChI is InChI=1S/C14H23NO2/c1-4-17-14-8-6-5-7-13(14)15-9-12(10-16)11(2)3/h5-8,11-12,15-16H,4,9-10H2,1-3H3. The third-order valence-electron chi connectivity index (χ3n) is 2.92. The molecule has 0 aliphatic carbocycles. The zero-order valence-corrected chi connectivity index (χ0v) is 10.9. The van der Waals surface area contributed by atoms with Crippen LogP contribution in [0.5, 0.6) is 5.75 Å². The molecule has 1 aromatic carbocycles. The van der Waals surface area contributed by atoms with Gasteiger partial charge in [0.25, 0.3) is 0 Å². The third-order valence-corrected chi connectivity index (χ3v) is 2.92. The summed E-state index contributed by atoms with van der Waals surface area (Å²) in [4.78, 5) is 0. The van der Waals surface area contributed by atoms with Gasteiger partial charge in [-0.25, -0.2) is 0 Å². The normalized spacial score (nSPS) is 12.5. The number of nitrogens with one attached hydrogen (secondary N) is 1. The van der Waals surface area contributed by atoms with Gasteiger partial charge in [-0.15, -0.1) is 0 Å². The molecule has 0 saturated carbocycles. The number of hydrogen-bond donors (Lipinski definition) is 2. The van der Waals surface area contributed by atoms with E-state index >= 15 is 0 Å². The summed E-state index contributed by atoms with van der Waals surface area (Å²) in [7, 11) is 0. The van der Waals surface area contributed by atoms with Crippen LogP contribution in [0.25, 0.3) is 0 Å². The molecular formula is C14H23NO2. The predicted molar refractivity (Wildman–Crippen MR) is 71.5 cm³/mol. The number of ether oxygens (including phenoxy) is 1. The Morgan fingerprint density at radius 2 is 2.00 bits per heavy atom. The van der Waals surface area contributed by atoms with Gasteiger partial charge in [-0.2, -0.15) is 0 Å². The van der Waals surface area contributed by atoms with E-state index in [1.807, 2.05) is 31.2 Å². The maximum Gasteiger partial charge on any atom is 0.142 e. The number of aliphatic hydroxyl groups is 1. The van der Waals surface area contributed by atoms with E-state index < -0.39 is 0 Å². The molecule has 0 radical (unpaired) electrons. The summed E-state index contributed by atoms with van der Waals surface area (Å²) in [5, 5.41) is 12.6. The molecule has 1 atom stereocenters. The van der Waals surface area contributed by atoms with Crippen LogP contribution in [0.1, 0.15) is 20.8 Å². The molecule has 0 saturated heterocycles. The lowest BCUT2D eigenvalue weighted by atomic mass is 9.97. The van der Waals surface area contributed by atoms with E-state index in [9.17, 15) is 5.11 Å². The Bertz CT molecular complexity index is 326. The summed E-state index contributed by atoms with van der Waals surface area (Å²) in [6.45, 7) is 7.85. The second kappa shape index (κ2) is 7.17. The average Bonchev–Trinajstić information content (AvgIpc) is 2.32. The molecule has 0 amide bonds. The average molecular weight is 237 g/mol. The van der Waals surface area contributed by atoms with Gasteiger partial charge >= 0.3 is 0 Å². The summed E-state index contributed by atoms with van der Waals surface area (Å²) >= 11 is 0. The second-order valence-corrected chi connectivity index (χ2v) is 4.50. The molecule has 0 heterocycles. The van der Waals surface area contributed by atoms with E-state index in [4.69, 9.17) is 4.74 Å². The Labute approximate surface area is 104 Å². The van der Waals surface area contributed by atoms with E-state index in [0.29, 0.717) is 12.5 Å².